The fourth-order valence-corrected chi connectivity index (χ4v) is 3.16. The number of hydrogen-bond acceptors (Lipinski definition) is 3. The van der Waals surface area contributed by atoms with Crippen LogP contribution < -0.4 is 4.74 Å². The lowest BCUT2D eigenvalue weighted by molar-refractivity contribution is 0.0220. The molecular formula is C16H17NO2. The Kier molecular flexibility index (Phi) is 2.27. The fourth-order valence-electron chi connectivity index (χ4n) is 3.16. The summed E-state index contributed by atoms with van der Waals surface area (Å²) in [5, 5.41) is 11.4. The number of hydrogen-bond donors (Lipinski definition) is 1. The number of rotatable bonds is 1. The van der Waals surface area contributed by atoms with Crippen molar-refractivity contribution < 1.29 is 9.84 Å². The summed E-state index contributed by atoms with van der Waals surface area (Å²) in [4.78, 5) is 2.12. The number of benzene rings is 1. The van der Waals surface area contributed by atoms with Gasteiger partial charge in [0.05, 0.1) is 5.70 Å². The highest BCUT2D eigenvalue weighted by Crippen LogP contribution is 2.54. The van der Waals surface area contributed by atoms with Crippen molar-refractivity contribution in [2.24, 2.45) is 5.92 Å². The van der Waals surface area contributed by atoms with Crippen molar-refractivity contribution in [3.8, 4) is 5.75 Å². The lowest BCUT2D eigenvalue weighted by Gasteiger charge is -2.36. The third kappa shape index (κ3) is 1.55. The topological polar surface area (TPSA) is 32.7 Å². The van der Waals surface area contributed by atoms with Crippen LogP contribution in [0.5, 0.6) is 5.75 Å². The Labute approximate surface area is 112 Å². The molecule has 0 spiro atoms. The molecule has 0 amide bonds. The number of fused-ring (bicyclic) bond motifs is 2. The van der Waals surface area contributed by atoms with Crippen molar-refractivity contribution in [3.05, 3.63) is 53.8 Å². The molecule has 3 heteroatoms. The molecule has 3 nitrogen and oxygen atoms in total. The van der Waals surface area contributed by atoms with E-state index in [9.17, 15) is 5.11 Å². The van der Waals surface area contributed by atoms with E-state index in [1.165, 1.54) is 0 Å². The van der Waals surface area contributed by atoms with Crippen LogP contribution in [0, 0.1) is 5.92 Å². The number of allylic oxidation sites excluding steroid dienone is 2. The highest BCUT2D eigenvalue weighted by atomic mass is 16.5. The summed E-state index contributed by atoms with van der Waals surface area (Å²) >= 11 is 0. The summed E-state index contributed by atoms with van der Waals surface area (Å²) in [5.41, 5.74) is 1.02. The molecule has 0 radical (unpaired) electrons. The number of para-hydroxylation sites is 1. The SMILES string of the molecule is O[C@@]1(C2CC2)C2=CC=CCN2COc2ccccc21. The van der Waals surface area contributed by atoms with Gasteiger partial charge in [-0.3, -0.25) is 0 Å². The van der Waals surface area contributed by atoms with Crippen LogP contribution in [0.25, 0.3) is 0 Å². The molecule has 1 saturated carbocycles. The second kappa shape index (κ2) is 3.87. The number of nitrogens with zero attached hydrogens (tertiary/aromatic N) is 1. The van der Waals surface area contributed by atoms with E-state index >= 15 is 0 Å². The molecule has 0 aromatic heterocycles. The third-order valence-corrected chi connectivity index (χ3v) is 4.29. The Hall–Kier alpha value is -1.74. The van der Waals surface area contributed by atoms with Crippen LogP contribution in [0.15, 0.2) is 48.2 Å². The first-order chi connectivity index (χ1) is 9.30. The molecule has 0 saturated heterocycles. The highest BCUT2D eigenvalue weighted by molar-refractivity contribution is 5.47. The largest absolute Gasteiger partial charge is 0.473 e. The van der Waals surface area contributed by atoms with Gasteiger partial charge in [0, 0.05) is 12.1 Å². The standard InChI is InChI=1S/C16H17NO2/c18-16(12-8-9-12)13-5-1-2-6-14(13)19-11-17-10-4-3-7-15(16)17/h1-7,12,18H,8-11H2/t16-/m1/s1. The van der Waals surface area contributed by atoms with Gasteiger partial charge in [0.1, 0.15) is 11.4 Å². The Morgan fingerprint density at radius 2 is 2.11 bits per heavy atom. The van der Waals surface area contributed by atoms with Gasteiger partial charge >= 0.3 is 0 Å². The van der Waals surface area contributed by atoms with Crippen molar-refractivity contribution in [1.82, 2.24) is 4.90 Å². The van der Waals surface area contributed by atoms with Crippen molar-refractivity contribution in [3.63, 3.8) is 0 Å². The lowest BCUT2D eigenvalue weighted by Crippen LogP contribution is -2.40. The van der Waals surface area contributed by atoms with Crippen LogP contribution in [0.4, 0.5) is 0 Å². The molecule has 1 aromatic carbocycles. The van der Waals surface area contributed by atoms with Crippen molar-refractivity contribution in [1.29, 1.82) is 0 Å². The van der Waals surface area contributed by atoms with Gasteiger partial charge in [-0.25, -0.2) is 0 Å². The lowest BCUT2D eigenvalue weighted by atomic mass is 9.83. The zero-order valence-electron chi connectivity index (χ0n) is 10.7. The average Bonchev–Trinajstić information content (AvgIpc) is 3.29. The molecule has 1 aromatic rings. The molecule has 1 N–H and O–H groups in total. The Morgan fingerprint density at radius 1 is 1.26 bits per heavy atom. The van der Waals surface area contributed by atoms with Gasteiger partial charge in [-0.15, -0.1) is 0 Å². The number of ether oxygens (including phenoxy) is 1. The maximum atomic E-state index is 11.4. The van der Waals surface area contributed by atoms with Gasteiger partial charge in [0.25, 0.3) is 0 Å². The maximum absolute atomic E-state index is 11.4. The van der Waals surface area contributed by atoms with Gasteiger partial charge in [-0.05, 0) is 30.9 Å². The molecule has 1 fully saturated rings. The quantitative estimate of drug-likeness (QED) is 0.836. The molecule has 19 heavy (non-hydrogen) atoms. The van der Waals surface area contributed by atoms with E-state index in [0.29, 0.717) is 12.6 Å². The van der Waals surface area contributed by atoms with E-state index in [-0.39, 0.29) is 0 Å². The Bertz CT molecular complexity index is 574. The first-order valence-electron chi connectivity index (χ1n) is 6.87. The Balaban J connectivity index is 1.93. The minimum Gasteiger partial charge on any atom is -0.473 e. The van der Waals surface area contributed by atoms with Crippen LogP contribution in [-0.2, 0) is 5.60 Å². The van der Waals surface area contributed by atoms with E-state index in [1.54, 1.807) is 0 Å². The van der Waals surface area contributed by atoms with Crippen LogP contribution in [-0.4, -0.2) is 23.3 Å². The molecule has 4 rings (SSSR count). The predicted molar refractivity (Wildman–Crippen MR) is 72.5 cm³/mol. The van der Waals surface area contributed by atoms with E-state index in [0.717, 1.165) is 36.4 Å². The molecule has 1 aliphatic carbocycles. The van der Waals surface area contributed by atoms with E-state index < -0.39 is 5.60 Å². The summed E-state index contributed by atoms with van der Waals surface area (Å²) in [5.74, 6) is 1.13. The fraction of sp³-hybridized carbons (Fsp3) is 0.375. The van der Waals surface area contributed by atoms with Crippen LogP contribution in [0.1, 0.15) is 18.4 Å². The van der Waals surface area contributed by atoms with E-state index in [4.69, 9.17) is 4.74 Å². The smallest absolute Gasteiger partial charge is 0.161 e. The normalized spacial score (nSPS) is 28.9. The molecule has 0 bridgehead atoms. The Morgan fingerprint density at radius 3 is 2.95 bits per heavy atom. The maximum Gasteiger partial charge on any atom is 0.161 e. The van der Waals surface area contributed by atoms with Gasteiger partial charge in [0.15, 0.2) is 6.73 Å². The van der Waals surface area contributed by atoms with Gasteiger partial charge < -0.3 is 14.7 Å². The third-order valence-electron chi connectivity index (χ3n) is 4.29. The molecule has 0 unspecified atom stereocenters. The first-order valence-corrected chi connectivity index (χ1v) is 6.87. The molecule has 1 atom stereocenters. The average molecular weight is 255 g/mol. The highest BCUT2D eigenvalue weighted by Gasteiger charge is 2.51. The van der Waals surface area contributed by atoms with E-state index in [1.807, 2.05) is 36.4 Å². The van der Waals surface area contributed by atoms with Crippen molar-refractivity contribution >= 4 is 0 Å². The van der Waals surface area contributed by atoms with Gasteiger partial charge in [-0.2, -0.15) is 0 Å². The molecule has 2 aliphatic heterocycles. The number of aliphatic hydroxyl groups is 1. The van der Waals surface area contributed by atoms with Crippen LogP contribution >= 0.6 is 0 Å². The predicted octanol–water partition coefficient (Wildman–Crippen LogP) is 2.39. The van der Waals surface area contributed by atoms with Crippen molar-refractivity contribution in [2.75, 3.05) is 13.3 Å². The van der Waals surface area contributed by atoms with Crippen LogP contribution in [0.2, 0.25) is 0 Å². The molecule has 98 valence electrons. The minimum atomic E-state index is -0.891. The minimum absolute atomic E-state index is 0.315. The second-order valence-electron chi connectivity index (χ2n) is 5.51. The molecule has 2 heterocycles. The summed E-state index contributed by atoms with van der Waals surface area (Å²) < 4.78 is 5.88. The molecule has 3 aliphatic rings. The summed E-state index contributed by atoms with van der Waals surface area (Å²) in [6.07, 6.45) is 8.33. The van der Waals surface area contributed by atoms with E-state index in [2.05, 4.69) is 11.0 Å². The summed E-state index contributed by atoms with van der Waals surface area (Å²) in [6.45, 7) is 1.30. The van der Waals surface area contributed by atoms with Crippen molar-refractivity contribution in [2.45, 2.75) is 18.4 Å². The summed E-state index contributed by atoms with van der Waals surface area (Å²) in [6, 6.07) is 7.89. The van der Waals surface area contributed by atoms with Crippen LogP contribution in [0.3, 0.4) is 0 Å². The molecular weight excluding hydrogens is 238 g/mol. The summed E-state index contributed by atoms with van der Waals surface area (Å²) in [7, 11) is 0. The van der Waals surface area contributed by atoms with Gasteiger partial charge in [0.2, 0.25) is 0 Å². The van der Waals surface area contributed by atoms with Gasteiger partial charge in [-0.1, -0.05) is 30.4 Å². The monoisotopic (exact) mass is 255 g/mol. The second-order valence-corrected chi connectivity index (χ2v) is 5.51. The first kappa shape index (κ1) is 11.1. The zero-order valence-corrected chi connectivity index (χ0v) is 10.7. The zero-order chi connectivity index (χ0) is 12.9.